The fraction of sp³-hybridized carbons (Fsp3) is 0.412. The van der Waals surface area contributed by atoms with E-state index in [0.29, 0.717) is 17.2 Å². The van der Waals surface area contributed by atoms with Crippen LogP contribution in [0.1, 0.15) is 26.0 Å². The summed E-state index contributed by atoms with van der Waals surface area (Å²) in [6, 6.07) is 8.90. The molecule has 7 heteroatoms. The van der Waals surface area contributed by atoms with Gasteiger partial charge in [0.15, 0.2) is 0 Å². The van der Waals surface area contributed by atoms with E-state index in [-0.39, 0.29) is 24.0 Å². The molecule has 0 bridgehead atoms. The highest BCUT2D eigenvalue weighted by Crippen LogP contribution is 2.25. The Labute approximate surface area is 147 Å². The zero-order valence-electron chi connectivity index (χ0n) is 13.7. The molecule has 0 aliphatic heterocycles. The summed E-state index contributed by atoms with van der Waals surface area (Å²) in [6.07, 6.45) is 2.04. The Morgan fingerprint density at radius 3 is 2.38 bits per heavy atom. The van der Waals surface area contributed by atoms with Gasteiger partial charge in [-0.15, -0.1) is 0 Å². The minimum absolute atomic E-state index is 0.0654. The normalized spacial score (nSPS) is 13.6. The summed E-state index contributed by atoms with van der Waals surface area (Å²) >= 11 is 5.85. The van der Waals surface area contributed by atoms with Gasteiger partial charge in [-0.3, -0.25) is 0 Å². The van der Waals surface area contributed by atoms with Gasteiger partial charge >= 0.3 is 0 Å². The summed E-state index contributed by atoms with van der Waals surface area (Å²) in [5.41, 5.74) is 0. The molecule has 2 aromatic rings. The highest BCUT2D eigenvalue weighted by Gasteiger charge is 2.32. The van der Waals surface area contributed by atoms with E-state index < -0.39 is 16.1 Å². The maximum Gasteiger partial charge on any atom is 0.243 e. The van der Waals surface area contributed by atoms with E-state index in [1.807, 2.05) is 13.8 Å². The Morgan fingerprint density at radius 2 is 1.88 bits per heavy atom. The molecule has 1 atom stereocenters. The minimum atomic E-state index is -3.80. The van der Waals surface area contributed by atoms with Gasteiger partial charge in [-0.05, 0) is 48.7 Å². The lowest BCUT2D eigenvalue weighted by Crippen LogP contribution is -2.42. The maximum absolute atomic E-state index is 13.1. The second-order valence-corrected chi connectivity index (χ2v) is 8.38. The Balaban J connectivity index is 2.41. The van der Waals surface area contributed by atoms with Crippen molar-refractivity contribution in [2.45, 2.75) is 37.8 Å². The van der Waals surface area contributed by atoms with Crippen LogP contribution >= 0.6 is 11.6 Å². The van der Waals surface area contributed by atoms with Crippen molar-refractivity contribution >= 4 is 21.6 Å². The van der Waals surface area contributed by atoms with Crippen LogP contribution in [-0.4, -0.2) is 30.5 Å². The van der Waals surface area contributed by atoms with E-state index in [2.05, 4.69) is 0 Å². The first kappa shape index (κ1) is 19.0. The van der Waals surface area contributed by atoms with Gasteiger partial charge in [-0.2, -0.15) is 4.31 Å². The first-order valence-corrected chi connectivity index (χ1v) is 9.57. The first-order chi connectivity index (χ1) is 11.3. The highest BCUT2D eigenvalue weighted by molar-refractivity contribution is 7.89. The van der Waals surface area contributed by atoms with Crippen LogP contribution < -0.4 is 0 Å². The molecule has 0 radical (unpaired) electrons. The smallest absolute Gasteiger partial charge is 0.243 e. The Morgan fingerprint density at radius 1 is 1.21 bits per heavy atom. The van der Waals surface area contributed by atoms with Crippen molar-refractivity contribution in [3.63, 3.8) is 0 Å². The van der Waals surface area contributed by atoms with Crippen LogP contribution in [0, 0.1) is 5.92 Å². The summed E-state index contributed by atoms with van der Waals surface area (Å²) < 4.78 is 32.8. The van der Waals surface area contributed by atoms with Crippen molar-refractivity contribution < 1.29 is 17.9 Å². The van der Waals surface area contributed by atoms with Crippen LogP contribution in [0.15, 0.2) is 52.0 Å². The van der Waals surface area contributed by atoms with E-state index in [1.54, 1.807) is 12.1 Å². The third-order valence-electron chi connectivity index (χ3n) is 3.67. The fourth-order valence-electron chi connectivity index (χ4n) is 2.54. The number of aliphatic hydroxyl groups is 1. The van der Waals surface area contributed by atoms with Crippen molar-refractivity contribution in [1.29, 1.82) is 0 Å². The van der Waals surface area contributed by atoms with Crippen LogP contribution in [-0.2, 0) is 16.6 Å². The highest BCUT2D eigenvalue weighted by atomic mass is 35.5. The van der Waals surface area contributed by atoms with Crippen LogP contribution in [0.25, 0.3) is 0 Å². The second kappa shape index (κ2) is 8.16. The van der Waals surface area contributed by atoms with E-state index in [9.17, 15) is 13.5 Å². The Hall–Kier alpha value is -1.34. The molecule has 0 aliphatic carbocycles. The van der Waals surface area contributed by atoms with Crippen LogP contribution in [0.3, 0.4) is 0 Å². The molecule has 1 N–H and O–H groups in total. The molecule has 1 unspecified atom stereocenters. The van der Waals surface area contributed by atoms with Crippen molar-refractivity contribution in [2.24, 2.45) is 5.92 Å². The number of rotatable bonds is 8. The number of halogens is 1. The average molecular weight is 372 g/mol. The molecule has 5 nitrogen and oxygen atoms in total. The average Bonchev–Trinajstić information content (AvgIpc) is 3.04. The summed E-state index contributed by atoms with van der Waals surface area (Å²) in [7, 11) is -3.80. The molecule has 24 heavy (non-hydrogen) atoms. The van der Waals surface area contributed by atoms with Crippen molar-refractivity contribution in [1.82, 2.24) is 4.31 Å². The first-order valence-electron chi connectivity index (χ1n) is 7.75. The van der Waals surface area contributed by atoms with Gasteiger partial charge < -0.3 is 9.52 Å². The fourth-order valence-corrected chi connectivity index (χ4v) is 4.25. The van der Waals surface area contributed by atoms with Crippen LogP contribution in [0.4, 0.5) is 0 Å². The molecule has 1 aromatic heterocycles. The van der Waals surface area contributed by atoms with Gasteiger partial charge in [0.2, 0.25) is 10.0 Å². The van der Waals surface area contributed by atoms with Gasteiger partial charge in [0.1, 0.15) is 5.76 Å². The number of sulfonamides is 1. The topological polar surface area (TPSA) is 70.8 Å². The number of hydrogen-bond acceptors (Lipinski definition) is 4. The van der Waals surface area contributed by atoms with E-state index in [0.717, 1.165) is 0 Å². The Bertz CT molecular complexity index is 726. The third-order valence-corrected chi connectivity index (χ3v) is 5.84. The number of benzene rings is 1. The van der Waals surface area contributed by atoms with Crippen molar-refractivity contribution in [2.75, 3.05) is 6.61 Å². The largest absolute Gasteiger partial charge is 0.468 e. The number of furan rings is 1. The number of nitrogens with zero attached hydrogens (tertiary/aromatic N) is 1. The zero-order valence-corrected chi connectivity index (χ0v) is 15.3. The molecule has 0 spiro atoms. The monoisotopic (exact) mass is 371 g/mol. The molecule has 0 saturated heterocycles. The van der Waals surface area contributed by atoms with Gasteiger partial charge in [-0.1, -0.05) is 25.4 Å². The van der Waals surface area contributed by atoms with Gasteiger partial charge in [0, 0.05) is 11.1 Å². The molecule has 2 rings (SSSR count). The predicted octanol–water partition coefficient (Wildman–Crippen LogP) is 3.53. The zero-order chi connectivity index (χ0) is 17.7. The van der Waals surface area contributed by atoms with Crippen molar-refractivity contribution in [3.8, 4) is 0 Å². The molecular weight excluding hydrogens is 350 g/mol. The third kappa shape index (κ3) is 4.60. The predicted molar refractivity (Wildman–Crippen MR) is 93.2 cm³/mol. The Kier molecular flexibility index (Phi) is 6.46. The maximum atomic E-state index is 13.1. The molecule has 1 aromatic carbocycles. The number of aliphatic hydroxyl groups excluding tert-OH is 1. The van der Waals surface area contributed by atoms with Crippen molar-refractivity contribution in [3.05, 3.63) is 53.4 Å². The summed E-state index contributed by atoms with van der Waals surface area (Å²) in [6.45, 7) is 3.78. The van der Waals surface area contributed by atoms with Crippen LogP contribution in [0.5, 0.6) is 0 Å². The molecule has 132 valence electrons. The van der Waals surface area contributed by atoms with E-state index >= 15 is 0 Å². The van der Waals surface area contributed by atoms with Gasteiger partial charge in [0.05, 0.1) is 24.3 Å². The van der Waals surface area contributed by atoms with E-state index in [4.69, 9.17) is 16.0 Å². The molecule has 0 fully saturated rings. The standard InChI is InChI=1S/C17H22ClNO4S/c1-13(2)10-15(12-20)19(11-16-4-3-9-23-16)24(21,22)17-7-5-14(18)6-8-17/h3-9,13,15,20H,10-12H2,1-2H3. The lowest BCUT2D eigenvalue weighted by molar-refractivity contribution is 0.159. The van der Waals surface area contributed by atoms with E-state index in [1.165, 1.54) is 34.8 Å². The molecule has 0 amide bonds. The SMILES string of the molecule is CC(C)CC(CO)N(Cc1ccco1)S(=O)(=O)c1ccc(Cl)cc1. The summed E-state index contributed by atoms with van der Waals surface area (Å²) in [5.74, 6) is 0.761. The number of hydrogen-bond donors (Lipinski definition) is 1. The molecule has 1 heterocycles. The molecular formula is C17H22ClNO4S. The quantitative estimate of drug-likeness (QED) is 0.770. The van der Waals surface area contributed by atoms with Gasteiger partial charge in [0.25, 0.3) is 0 Å². The lowest BCUT2D eigenvalue weighted by Gasteiger charge is -2.30. The summed E-state index contributed by atoms with van der Waals surface area (Å²) in [5, 5.41) is 10.2. The summed E-state index contributed by atoms with van der Waals surface area (Å²) in [4.78, 5) is 0.140. The molecule has 0 saturated carbocycles. The molecule has 0 aliphatic rings. The van der Waals surface area contributed by atoms with Gasteiger partial charge in [-0.25, -0.2) is 8.42 Å². The second-order valence-electron chi connectivity index (χ2n) is 6.05. The minimum Gasteiger partial charge on any atom is -0.468 e. The van der Waals surface area contributed by atoms with Crippen LogP contribution in [0.2, 0.25) is 5.02 Å². The lowest BCUT2D eigenvalue weighted by atomic mass is 10.0.